The number of sulfonamides is 1. The zero-order valence-corrected chi connectivity index (χ0v) is 18.1. The third-order valence-electron chi connectivity index (χ3n) is 4.25. The van der Waals surface area contributed by atoms with Gasteiger partial charge in [-0.05, 0) is 56.7 Å². The SMILES string of the molecule is CC(C)(C)NS(=O)(=O)c1ccc(C(=O)Nc2c(F)cc(F)cc2-c2ccccc2)cc1. The summed E-state index contributed by atoms with van der Waals surface area (Å²) in [5, 5.41) is 2.47. The fourth-order valence-electron chi connectivity index (χ4n) is 2.98. The van der Waals surface area contributed by atoms with Crippen LogP contribution in [-0.4, -0.2) is 19.9 Å². The minimum Gasteiger partial charge on any atom is -0.319 e. The van der Waals surface area contributed by atoms with Crippen molar-refractivity contribution in [2.45, 2.75) is 31.2 Å². The van der Waals surface area contributed by atoms with E-state index in [0.717, 1.165) is 6.07 Å². The van der Waals surface area contributed by atoms with E-state index in [9.17, 15) is 22.0 Å². The highest BCUT2D eigenvalue weighted by molar-refractivity contribution is 7.89. The van der Waals surface area contributed by atoms with Crippen LogP contribution >= 0.6 is 0 Å². The first-order valence-electron chi connectivity index (χ1n) is 9.46. The minimum atomic E-state index is -3.76. The van der Waals surface area contributed by atoms with Gasteiger partial charge in [0, 0.05) is 22.7 Å². The van der Waals surface area contributed by atoms with Crippen LogP contribution in [0, 0.1) is 11.6 Å². The predicted octanol–water partition coefficient (Wildman–Crippen LogP) is 4.96. The van der Waals surface area contributed by atoms with E-state index in [1.165, 1.54) is 24.3 Å². The first-order chi connectivity index (χ1) is 14.5. The van der Waals surface area contributed by atoms with Gasteiger partial charge in [-0.3, -0.25) is 4.79 Å². The van der Waals surface area contributed by atoms with Crippen molar-refractivity contribution in [2.75, 3.05) is 5.32 Å². The maximum atomic E-state index is 14.5. The van der Waals surface area contributed by atoms with Crippen LogP contribution in [0.5, 0.6) is 0 Å². The Morgan fingerprint density at radius 1 is 0.903 bits per heavy atom. The van der Waals surface area contributed by atoms with E-state index >= 15 is 0 Å². The van der Waals surface area contributed by atoms with Crippen LogP contribution in [-0.2, 0) is 10.0 Å². The van der Waals surface area contributed by atoms with Gasteiger partial charge in [-0.15, -0.1) is 0 Å². The molecule has 3 aromatic carbocycles. The fourth-order valence-corrected chi connectivity index (χ4v) is 4.40. The van der Waals surface area contributed by atoms with Gasteiger partial charge in [0.05, 0.1) is 10.6 Å². The monoisotopic (exact) mass is 444 g/mol. The molecule has 0 aliphatic heterocycles. The van der Waals surface area contributed by atoms with Crippen molar-refractivity contribution in [3.8, 4) is 11.1 Å². The van der Waals surface area contributed by atoms with Crippen LogP contribution < -0.4 is 10.0 Å². The number of amides is 1. The second-order valence-electron chi connectivity index (χ2n) is 8.01. The highest BCUT2D eigenvalue weighted by Crippen LogP contribution is 2.32. The summed E-state index contributed by atoms with van der Waals surface area (Å²) < 4.78 is 55.6. The maximum absolute atomic E-state index is 14.5. The van der Waals surface area contributed by atoms with Crippen molar-refractivity contribution in [3.63, 3.8) is 0 Å². The third kappa shape index (κ3) is 5.53. The molecule has 0 unspecified atom stereocenters. The van der Waals surface area contributed by atoms with E-state index < -0.39 is 33.1 Å². The Balaban J connectivity index is 1.89. The molecule has 0 heterocycles. The standard InChI is InChI=1S/C23H22F2N2O3S/c1-23(2,3)27-31(29,30)18-11-9-16(10-12-18)22(28)26-21-19(13-17(24)14-20(21)25)15-7-5-4-6-8-15/h4-14,27H,1-3H3,(H,26,28). The molecule has 0 aliphatic rings. The van der Waals surface area contributed by atoms with Crippen LogP contribution in [0.25, 0.3) is 11.1 Å². The van der Waals surface area contributed by atoms with Crippen molar-refractivity contribution >= 4 is 21.6 Å². The Labute approximate surface area is 180 Å². The van der Waals surface area contributed by atoms with Crippen molar-refractivity contribution in [1.29, 1.82) is 0 Å². The minimum absolute atomic E-state index is 0.00286. The van der Waals surface area contributed by atoms with Gasteiger partial charge < -0.3 is 5.32 Å². The first kappa shape index (κ1) is 22.6. The van der Waals surface area contributed by atoms with Crippen molar-refractivity contribution in [3.05, 3.63) is 83.9 Å². The Morgan fingerprint density at radius 2 is 1.52 bits per heavy atom. The van der Waals surface area contributed by atoms with Crippen molar-refractivity contribution in [2.24, 2.45) is 0 Å². The molecule has 31 heavy (non-hydrogen) atoms. The summed E-state index contributed by atoms with van der Waals surface area (Å²) in [5.74, 6) is -2.34. The number of nitrogens with one attached hydrogen (secondary N) is 2. The first-order valence-corrected chi connectivity index (χ1v) is 10.9. The van der Waals surface area contributed by atoms with Crippen LogP contribution in [0.15, 0.2) is 71.6 Å². The summed E-state index contributed by atoms with van der Waals surface area (Å²) in [6.45, 7) is 5.15. The van der Waals surface area contributed by atoms with Gasteiger partial charge in [0.2, 0.25) is 10.0 Å². The Morgan fingerprint density at radius 3 is 2.10 bits per heavy atom. The number of benzene rings is 3. The van der Waals surface area contributed by atoms with Gasteiger partial charge in [-0.2, -0.15) is 0 Å². The molecule has 0 bridgehead atoms. The summed E-state index contributed by atoms with van der Waals surface area (Å²) in [7, 11) is -3.76. The highest BCUT2D eigenvalue weighted by atomic mass is 32.2. The molecule has 2 N–H and O–H groups in total. The van der Waals surface area contributed by atoms with Crippen LogP contribution in [0.2, 0.25) is 0 Å². The number of hydrogen-bond donors (Lipinski definition) is 2. The largest absolute Gasteiger partial charge is 0.319 e. The number of rotatable bonds is 5. The molecule has 0 saturated carbocycles. The van der Waals surface area contributed by atoms with E-state index in [-0.39, 0.29) is 21.7 Å². The summed E-state index contributed by atoms with van der Waals surface area (Å²) in [6.07, 6.45) is 0. The lowest BCUT2D eigenvalue weighted by Gasteiger charge is -2.20. The molecular formula is C23H22F2N2O3S. The number of halogens is 2. The lowest BCUT2D eigenvalue weighted by molar-refractivity contribution is 0.102. The summed E-state index contributed by atoms with van der Waals surface area (Å²) in [4.78, 5) is 12.7. The average Bonchev–Trinajstić information content (AvgIpc) is 2.68. The number of carbonyl (C=O) groups is 1. The molecule has 3 aromatic rings. The second-order valence-corrected chi connectivity index (χ2v) is 9.69. The van der Waals surface area contributed by atoms with Crippen molar-refractivity contribution < 1.29 is 22.0 Å². The zero-order valence-electron chi connectivity index (χ0n) is 17.2. The lowest BCUT2D eigenvalue weighted by Crippen LogP contribution is -2.40. The quantitative estimate of drug-likeness (QED) is 0.584. The van der Waals surface area contributed by atoms with Crippen LogP contribution in [0.1, 0.15) is 31.1 Å². The molecule has 1 amide bonds. The highest BCUT2D eigenvalue weighted by Gasteiger charge is 2.22. The van der Waals surface area contributed by atoms with E-state index in [2.05, 4.69) is 10.0 Å². The van der Waals surface area contributed by atoms with E-state index in [4.69, 9.17) is 0 Å². The van der Waals surface area contributed by atoms with E-state index in [1.807, 2.05) is 0 Å². The third-order valence-corrected chi connectivity index (χ3v) is 6.02. The van der Waals surface area contributed by atoms with E-state index in [0.29, 0.717) is 11.6 Å². The fraction of sp³-hybridized carbons (Fsp3) is 0.174. The molecule has 0 radical (unpaired) electrons. The molecule has 0 aliphatic carbocycles. The van der Waals surface area contributed by atoms with Crippen LogP contribution in [0.4, 0.5) is 14.5 Å². The summed E-state index contributed by atoms with van der Waals surface area (Å²) >= 11 is 0. The Bertz CT molecular complexity index is 1200. The topological polar surface area (TPSA) is 75.3 Å². The number of carbonyl (C=O) groups excluding carboxylic acids is 1. The molecule has 8 heteroatoms. The summed E-state index contributed by atoms with van der Waals surface area (Å²) in [6, 6.07) is 15.6. The van der Waals surface area contributed by atoms with Gasteiger partial charge in [-0.25, -0.2) is 21.9 Å². The maximum Gasteiger partial charge on any atom is 0.255 e. The molecule has 162 valence electrons. The molecule has 3 rings (SSSR count). The molecule has 0 fully saturated rings. The molecule has 0 saturated heterocycles. The van der Waals surface area contributed by atoms with E-state index in [1.54, 1.807) is 51.1 Å². The van der Waals surface area contributed by atoms with Gasteiger partial charge in [0.1, 0.15) is 11.6 Å². The normalized spacial score (nSPS) is 11.9. The van der Waals surface area contributed by atoms with Crippen LogP contribution in [0.3, 0.4) is 0 Å². The van der Waals surface area contributed by atoms with Gasteiger partial charge in [0.25, 0.3) is 5.91 Å². The number of anilines is 1. The Hall–Kier alpha value is -3.10. The second kappa shape index (κ2) is 8.56. The number of hydrogen-bond acceptors (Lipinski definition) is 3. The summed E-state index contributed by atoms with van der Waals surface area (Å²) in [5.41, 5.74) is 0.0232. The Kier molecular flexibility index (Phi) is 6.24. The average molecular weight is 445 g/mol. The van der Waals surface area contributed by atoms with Gasteiger partial charge in [-0.1, -0.05) is 30.3 Å². The lowest BCUT2D eigenvalue weighted by atomic mass is 10.0. The predicted molar refractivity (Wildman–Crippen MR) is 116 cm³/mol. The van der Waals surface area contributed by atoms with Gasteiger partial charge in [0.15, 0.2) is 0 Å². The smallest absolute Gasteiger partial charge is 0.255 e. The molecule has 0 aromatic heterocycles. The molecular weight excluding hydrogens is 422 g/mol. The molecule has 0 atom stereocenters. The van der Waals surface area contributed by atoms with Crippen molar-refractivity contribution in [1.82, 2.24) is 4.72 Å². The van der Waals surface area contributed by atoms with Gasteiger partial charge >= 0.3 is 0 Å². The molecule has 0 spiro atoms. The zero-order chi connectivity index (χ0) is 22.8. The molecule has 5 nitrogen and oxygen atoms in total.